The number of carbonyl (C=O) groups is 1. The van der Waals surface area contributed by atoms with Crippen molar-refractivity contribution in [3.8, 4) is 11.3 Å². The normalized spacial score (nSPS) is 10.6. The number of benzene rings is 1. The van der Waals surface area contributed by atoms with Crippen LogP contribution in [-0.4, -0.2) is 10.9 Å². The molecule has 3 rings (SSSR count). The highest BCUT2D eigenvalue weighted by molar-refractivity contribution is 7.12. The lowest BCUT2D eigenvalue weighted by Crippen LogP contribution is -2.11. The highest BCUT2D eigenvalue weighted by atomic mass is 32.1. The van der Waals surface area contributed by atoms with Crippen LogP contribution in [0.5, 0.6) is 0 Å². The molecule has 0 spiro atoms. The van der Waals surface area contributed by atoms with Crippen molar-refractivity contribution in [1.29, 1.82) is 0 Å². The van der Waals surface area contributed by atoms with Crippen molar-refractivity contribution in [3.05, 3.63) is 56.5 Å². The number of thiophene rings is 1. The van der Waals surface area contributed by atoms with Crippen LogP contribution in [-0.2, 0) is 0 Å². The molecule has 0 saturated heterocycles. The van der Waals surface area contributed by atoms with Crippen LogP contribution in [0.15, 0.2) is 41.1 Å². The van der Waals surface area contributed by atoms with E-state index in [-0.39, 0.29) is 5.91 Å². The quantitative estimate of drug-likeness (QED) is 0.758. The zero-order valence-electron chi connectivity index (χ0n) is 11.7. The predicted molar refractivity (Wildman–Crippen MR) is 89.3 cm³/mol. The van der Waals surface area contributed by atoms with E-state index in [4.69, 9.17) is 0 Å². The number of aromatic nitrogens is 1. The van der Waals surface area contributed by atoms with E-state index in [9.17, 15) is 4.79 Å². The first-order valence-electron chi connectivity index (χ1n) is 6.51. The van der Waals surface area contributed by atoms with E-state index < -0.39 is 0 Å². The van der Waals surface area contributed by atoms with Gasteiger partial charge in [-0.15, -0.1) is 22.7 Å². The Labute approximate surface area is 131 Å². The minimum Gasteiger partial charge on any atom is -0.321 e. The van der Waals surface area contributed by atoms with Gasteiger partial charge in [-0.05, 0) is 36.9 Å². The summed E-state index contributed by atoms with van der Waals surface area (Å²) in [6, 6.07) is 9.65. The second-order valence-electron chi connectivity index (χ2n) is 4.74. The summed E-state index contributed by atoms with van der Waals surface area (Å²) in [5.41, 5.74) is 3.74. The zero-order valence-corrected chi connectivity index (χ0v) is 13.3. The summed E-state index contributed by atoms with van der Waals surface area (Å²) < 4.78 is 0. The number of nitrogens with zero attached hydrogens (tertiary/aromatic N) is 1. The fraction of sp³-hybridized carbons (Fsp3) is 0.125. The van der Waals surface area contributed by atoms with Gasteiger partial charge in [0.05, 0.1) is 21.3 Å². The summed E-state index contributed by atoms with van der Waals surface area (Å²) >= 11 is 3.06. The molecule has 0 aliphatic heterocycles. The van der Waals surface area contributed by atoms with E-state index in [1.165, 1.54) is 11.3 Å². The molecule has 0 bridgehead atoms. The maximum atomic E-state index is 12.3. The molecule has 5 heteroatoms. The fourth-order valence-corrected chi connectivity index (χ4v) is 3.44. The summed E-state index contributed by atoms with van der Waals surface area (Å²) in [6.45, 7) is 3.96. The van der Waals surface area contributed by atoms with Crippen LogP contribution in [0.25, 0.3) is 11.3 Å². The van der Waals surface area contributed by atoms with Crippen molar-refractivity contribution in [2.75, 3.05) is 5.32 Å². The Balaban J connectivity index is 1.91. The van der Waals surface area contributed by atoms with Gasteiger partial charge in [0, 0.05) is 10.9 Å². The first-order valence-corrected chi connectivity index (χ1v) is 8.27. The van der Waals surface area contributed by atoms with E-state index in [1.807, 2.05) is 54.9 Å². The number of amides is 1. The van der Waals surface area contributed by atoms with E-state index in [1.54, 1.807) is 11.3 Å². The molecular formula is C16H14N2OS2. The third kappa shape index (κ3) is 3.04. The van der Waals surface area contributed by atoms with Gasteiger partial charge in [-0.1, -0.05) is 18.2 Å². The fourth-order valence-electron chi connectivity index (χ4n) is 2.04. The molecule has 0 fully saturated rings. The Morgan fingerprint density at radius 1 is 1.14 bits per heavy atom. The molecule has 21 heavy (non-hydrogen) atoms. The summed E-state index contributed by atoms with van der Waals surface area (Å²) in [4.78, 5) is 17.5. The molecule has 0 aliphatic carbocycles. The van der Waals surface area contributed by atoms with Crippen LogP contribution in [0.4, 0.5) is 5.69 Å². The number of anilines is 1. The number of hydrogen-bond donors (Lipinski definition) is 1. The standard InChI is InChI=1S/C16H14N2OS2/c1-10-7-15(21-8-10)16(19)18-13-6-4-3-5-12(13)14-9-20-11(2)17-14/h3-9H,1-2H3,(H,18,19). The molecule has 0 radical (unpaired) electrons. The Morgan fingerprint density at radius 2 is 1.95 bits per heavy atom. The van der Waals surface area contributed by atoms with Crippen LogP contribution in [0, 0.1) is 13.8 Å². The minimum absolute atomic E-state index is 0.0764. The lowest BCUT2D eigenvalue weighted by Gasteiger charge is -2.08. The smallest absolute Gasteiger partial charge is 0.265 e. The largest absolute Gasteiger partial charge is 0.321 e. The van der Waals surface area contributed by atoms with Gasteiger partial charge in [-0.2, -0.15) is 0 Å². The van der Waals surface area contributed by atoms with E-state index in [0.29, 0.717) is 0 Å². The Kier molecular flexibility index (Phi) is 3.86. The minimum atomic E-state index is -0.0764. The van der Waals surface area contributed by atoms with Crippen molar-refractivity contribution >= 4 is 34.3 Å². The van der Waals surface area contributed by atoms with Crippen LogP contribution in [0.2, 0.25) is 0 Å². The molecule has 106 valence electrons. The first kappa shape index (κ1) is 14.0. The molecule has 0 aliphatic rings. The van der Waals surface area contributed by atoms with Crippen LogP contribution in [0.3, 0.4) is 0 Å². The van der Waals surface area contributed by atoms with Gasteiger partial charge in [0.2, 0.25) is 0 Å². The van der Waals surface area contributed by atoms with Gasteiger partial charge in [0.15, 0.2) is 0 Å². The molecule has 3 aromatic rings. The lowest BCUT2D eigenvalue weighted by molar-refractivity contribution is 0.103. The molecular weight excluding hydrogens is 300 g/mol. The average Bonchev–Trinajstić information content (AvgIpc) is 3.08. The molecule has 0 saturated carbocycles. The Bertz CT molecular complexity index is 789. The van der Waals surface area contributed by atoms with Gasteiger partial charge >= 0.3 is 0 Å². The molecule has 2 aromatic heterocycles. The van der Waals surface area contributed by atoms with Crippen molar-refractivity contribution < 1.29 is 4.79 Å². The highest BCUT2D eigenvalue weighted by Crippen LogP contribution is 2.29. The van der Waals surface area contributed by atoms with E-state index in [2.05, 4.69) is 10.3 Å². The second kappa shape index (κ2) is 5.79. The highest BCUT2D eigenvalue weighted by Gasteiger charge is 2.12. The molecule has 1 N–H and O–H groups in total. The van der Waals surface area contributed by atoms with Crippen molar-refractivity contribution in [3.63, 3.8) is 0 Å². The van der Waals surface area contributed by atoms with Crippen molar-refractivity contribution in [1.82, 2.24) is 4.98 Å². The Morgan fingerprint density at radius 3 is 2.62 bits per heavy atom. The van der Waals surface area contributed by atoms with E-state index >= 15 is 0 Å². The number of para-hydroxylation sites is 1. The molecule has 0 unspecified atom stereocenters. The average molecular weight is 314 g/mol. The van der Waals surface area contributed by atoms with Gasteiger partial charge in [0.1, 0.15) is 0 Å². The summed E-state index contributed by atoms with van der Waals surface area (Å²) in [5, 5.41) is 7.98. The second-order valence-corrected chi connectivity index (χ2v) is 6.71. The third-order valence-electron chi connectivity index (χ3n) is 3.02. The molecule has 3 nitrogen and oxygen atoms in total. The van der Waals surface area contributed by atoms with Crippen LogP contribution >= 0.6 is 22.7 Å². The van der Waals surface area contributed by atoms with Crippen molar-refractivity contribution in [2.24, 2.45) is 0 Å². The molecule has 1 amide bonds. The SMILES string of the molecule is Cc1csc(C(=O)Nc2ccccc2-c2csc(C)n2)c1. The summed E-state index contributed by atoms with van der Waals surface area (Å²) in [6.07, 6.45) is 0. The summed E-state index contributed by atoms with van der Waals surface area (Å²) in [5.74, 6) is -0.0764. The monoisotopic (exact) mass is 314 g/mol. The number of rotatable bonds is 3. The topological polar surface area (TPSA) is 42.0 Å². The number of carbonyl (C=O) groups excluding carboxylic acids is 1. The number of thiazole rings is 1. The van der Waals surface area contributed by atoms with Crippen molar-refractivity contribution in [2.45, 2.75) is 13.8 Å². The molecule has 1 aromatic carbocycles. The summed E-state index contributed by atoms with van der Waals surface area (Å²) in [7, 11) is 0. The number of aryl methyl sites for hydroxylation is 2. The predicted octanol–water partition coefficient (Wildman–Crippen LogP) is 4.74. The van der Waals surface area contributed by atoms with E-state index in [0.717, 1.165) is 32.4 Å². The van der Waals surface area contributed by atoms with Gasteiger partial charge in [-0.3, -0.25) is 4.79 Å². The zero-order chi connectivity index (χ0) is 14.8. The maximum Gasteiger partial charge on any atom is 0.265 e. The number of nitrogens with one attached hydrogen (secondary N) is 1. The third-order valence-corrected chi connectivity index (χ3v) is 4.84. The van der Waals surface area contributed by atoms with Gasteiger partial charge < -0.3 is 5.32 Å². The lowest BCUT2D eigenvalue weighted by atomic mass is 10.1. The number of hydrogen-bond acceptors (Lipinski definition) is 4. The Hall–Kier alpha value is -1.98. The van der Waals surface area contributed by atoms with Crippen LogP contribution in [0.1, 0.15) is 20.2 Å². The van der Waals surface area contributed by atoms with Gasteiger partial charge in [-0.25, -0.2) is 4.98 Å². The molecule has 2 heterocycles. The maximum absolute atomic E-state index is 12.3. The van der Waals surface area contributed by atoms with Crippen LogP contribution < -0.4 is 5.32 Å². The molecule has 0 atom stereocenters. The van der Waals surface area contributed by atoms with Gasteiger partial charge in [0.25, 0.3) is 5.91 Å². The first-order chi connectivity index (χ1) is 10.1.